The van der Waals surface area contributed by atoms with Gasteiger partial charge in [0, 0.05) is 20.0 Å². The second kappa shape index (κ2) is 6.27. The molecule has 0 unspecified atom stereocenters. The van der Waals surface area contributed by atoms with E-state index in [-0.39, 0.29) is 5.91 Å². The molecule has 0 aromatic heterocycles. The predicted octanol–water partition coefficient (Wildman–Crippen LogP) is 3.61. The summed E-state index contributed by atoms with van der Waals surface area (Å²) in [5.41, 5.74) is 0.543. The zero-order chi connectivity index (χ0) is 12.0. The molecule has 0 atom stereocenters. The maximum Gasteiger partial charge on any atom is 0.219 e. The molecule has 0 aliphatic carbocycles. The van der Waals surface area contributed by atoms with Crippen molar-refractivity contribution in [3.63, 3.8) is 0 Å². The minimum absolute atomic E-state index is 0.248. The molecule has 2 nitrogen and oxygen atoms in total. The summed E-state index contributed by atoms with van der Waals surface area (Å²) >= 11 is 0. The molecule has 1 rings (SSSR count). The van der Waals surface area contributed by atoms with E-state index in [1.165, 1.54) is 44.9 Å². The quantitative estimate of drug-likeness (QED) is 0.655. The molecule has 0 spiro atoms. The van der Waals surface area contributed by atoms with Crippen LogP contribution in [0.25, 0.3) is 0 Å². The number of rotatable bonds is 5. The Balaban J connectivity index is 2.41. The number of amides is 1. The van der Waals surface area contributed by atoms with Crippen molar-refractivity contribution in [2.24, 2.45) is 5.41 Å². The first-order valence-corrected chi connectivity index (χ1v) is 6.89. The van der Waals surface area contributed by atoms with Crippen molar-refractivity contribution >= 4 is 5.91 Å². The molecule has 1 aliphatic heterocycles. The fraction of sp³-hybridized carbons (Fsp3) is 0.929. The average Bonchev–Trinajstić information content (AvgIpc) is 2.30. The predicted molar refractivity (Wildman–Crippen MR) is 68.4 cm³/mol. The van der Waals surface area contributed by atoms with Crippen molar-refractivity contribution in [1.82, 2.24) is 4.90 Å². The molecular formula is C14H27NO. The SMILES string of the molecule is CCCCCC1(CC)CCN(C(C)=O)CC1. The Kier molecular flexibility index (Phi) is 5.30. The van der Waals surface area contributed by atoms with Crippen LogP contribution in [0.3, 0.4) is 0 Å². The number of nitrogens with zero attached hydrogens (tertiary/aromatic N) is 1. The van der Waals surface area contributed by atoms with Crippen molar-refractivity contribution < 1.29 is 4.79 Å². The van der Waals surface area contributed by atoms with Crippen LogP contribution < -0.4 is 0 Å². The van der Waals surface area contributed by atoms with Crippen LogP contribution in [-0.4, -0.2) is 23.9 Å². The third kappa shape index (κ3) is 3.50. The summed E-state index contributed by atoms with van der Waals surface area (Å²) in [4.78, 5) is 13.3. The summed E-state index contributed by atoms with van der Waals surface area (Å²) in [6.07, 6.45) is 9.10. The van der Waals surface area contributed by atoms with E-state index in [0.29, 0.717) is 5.41 Å². The standard InChI is InChI=1S/C14H27NO/c1-4-6-7-8-14(5-2)9-11-15(12-10-14)13(3)16/h4-12H2,1-3H3. The van der Waals surface area contributed by atoms with Crippen LogP contribution in [0.15, 0.2) is 0 Å². The Morgan fingerprint density at radius 1 is 1.19 bits per heavy atom. The molecule has 1 heterocycles. The second-order valence-electron chi connectivity index (χ2n) is 5.32. The van der Waals surface area contributed by atoms with Crippen LogP contribution in [0.4, 0.5) is 0 Å². The minimum Gasteiger partial charge on any atom is -0.343 e. The maximum absolute atomic E-state index is 11.3. The van der Waals surface area contributed by atoms with E-state index in [1.807, 2.05) is 4.90 Å². The molecular weight excluding hydrogens is 198 g/mol. The van der Waals surface area contributed by atoms with Crippen LogP contribution in [0.1, 0.15) is 65.7 Å². The average molecular weight is 225 g/mol. The molecule has 0 saturated carbocycles. The topological polar surface area (TPSA) is 20.3 Å². The first-order valence-electron chi connectivity index (χ1n) is 6.89. The Labute approximate surface area is 100 Å². The van der Waals surface area contributed by atoms with Crippen molar-refractivity contribution in [3.8, 4) is 0 Å². The minimum atomic E-state index is 0.248. The van der Waals surface area contributed by atoms with E-state index < -0.39 is 0 Å². The van der Waals surface area contributed by atoms with Gasteiger partial charge in [-0.3, -0.25) is 4.79 Å². The number of likely N-dealkylation sites (tertiary alicyclic amines) is 1. The Morgan fingerprint density at radius 2 is 1.81 bits per heavy atom. The summed E-state index contributed by atoms with van der Waals surface area (Å²) in [5, 5.41) is 0. The van der Waals surface area contributed by atoms with Gasteiger partial charge in [0.05, 0.1) is 0 Å². The number of unbranched alkanes of at least 4 members (excludes halogenated alkanes) is 2. The van der Waals surface area contributed by atoms with Crippen LogP contribution in [0.2, 0.25) is 0 Å². The smallest absolute Gasteiger partial charge is 0.219 e. The van der Waals surface area contributed by atoms with Crippen molar-refractivity contribution in [2.45, 2.75) is 65.7 Å². The molecule has 2 heteroatoms. The largest absolute Gasteiger partial charge is 0.343 e. The first kappa shape index (κ1) is 13.5. The summed E-state index contributed by atoms with van der Waals surface area (Å²) in [6, 6.07) is 0. The highest BCUT2D eigenvalue weighted by Gasteiger charge is 2.32. The highest BCUT2D eigenvalue weighted by molar-refractivity contribution is 5.73. The third-order valence-corrected chi connectivity index (χ3v) is 4.33. The van der Waals surface area contributed by atoms with Gasteiger partial charge >= 0.3 is 0 Å². The van der Waals surface area contributed by atoms with Gasteiger partial charge in [-0.05, 0) is 24.7 Å². The number of carbonyl (C=O) groups is 1. The van der Waals surface area contributed by atoms with Gasteiger partial charge in [-0.2, -0.15) is 0 Å². The Hall–Kier alpha value is -0.530. The van der Waals surface area contributed by atoms with Crippen LogP contribution >= 0.6 is 0 Å². The normalized spacial score (nSPS) is 19.8. The molecule has 1 saturated heterocycles. The molecule has 0 bridgehead atoms. The highest BCUT2D eigenvalue weighted by atomic mass is 16.2. The molecule has 0 radical (unpaired) electrons. The van der Waals surface area contributed by atoms with Crippen LogP contribution in [0.5, 0.6) is 0 Å². The van der Waals surface area contributed by atoms with Gasteiger partial charge < -0.3 is 4.90 Å². The van der Waals surface area contributed by atoms with Crippen molar-refractivity contribution in [3.05, 3.63) is 0 Å². The van der Waals surface area contributed by atoms with Gasteiger partial charge in [-0.25, -0.2) is 0 Å². The lowest BCUT2D eigenvalue weighted by atomic mass is 9.72. The summed E-state index contributed by atoms with van der Waals surface area (Å²) in [5.74, 6) is 0.248. The van der Waals surface area contributed by atoms with E-state index in [4.69, 9.17) is 0 Å². The van der Waals surface area contributed by atoms with Gasteiger partial charge in [-0.1, -0.05) is 39.5 Å². The first-order chi connectivity index (χ1) is 7.63. The molecule has 1 fully saturated rings. The lowest BCUT2D eigenvalue weighted by Gasteiger charge is -2.41. The van der Waals surface area contributed by atoms with Crippen LogP contribution in [0, 0.1) is 5.41 Å². The van der Waals surface area contributed by atoms with E-state index in [0.717, 1.165) is 13.1 Å². The van der Waals surface area contributed by atoms with E-state index in [9.17, 15) is 4.79 Å². The summed E-state index contributed by atoms with van der Waals surface area (Å²) in [6.45, 7) is 8.23. The zero-order valence-corrected chi connectivity index (χ0v) is 11.2. The Bertz CT molecular complexity index is 217. The molecule has 0 N–H and O–H groups in total. The monoisotopic (exact) mass is 225 g/mol. The molecule has 0 aromatic carbocycles. The Morgan fingerprint density at radius 3 is 2.25 bits per heavy atom. The molecule has 94 valence electrons. The zero-order valence-electron chi connectivity index (χ0n) is 11.2. The van der Waals surface area contributed by atoms with Gasteiger partial charge in [0.15, 0.2) is 0 Å². The molecule has 0 aromatic rings. The highest BCUT2D eigenvalue weighted by Crippen LogP contribution is 2.39. The molecule has 16 heavy (non-hydrogen) atoms. The van der Waals surface area contributed by atoms with Crippen molar-refractivity contribution in [2.75, 3.05) is 13.1 Å². The van der Waals surface area contributed by atoms with Gasteiger partial charge in [0.1, 0.15) is 0 Å². The van der Waals surface area contributed by atoms with Gasteiger partial charge in [0.25, 0.3) is 0 Å². The van der Waals surface area contributed by atoms with E-state index in [1.54, 1.807) is 6.92 Å². The van der Waals surface area contributed by atoms with E-state index in [2.05, 4.69) is 13.8 Å². The lowest BCUT2D eigenvalue weighted by Crippen LogP contribution is -2.42. The summed E-state index contributed by atoms with van der Waals surface area (Å²) in [7, 11) is 0. The van der Waals surface area contributed by atoms with Crippen molar-refractivity contribution in [1.29, 1.82) is 0 Å². The third-order valence-electron chi connectivity index (χ3n) is 4.33. The van der Waals surface area contributed by atoms with Gasteiger partial charge in [-0.15, -0.1) is 0 Å². The number of carbonyl (C=O) groups excluding carboxylic acids is 1. The maximum atomic E-state index is 11.3. The van der Waals surface area contributed by atoms with E-state index >= 15 is 0 Å². The fourth-order valence-electron chi connectivity index (χ4n) is 2.83. The lowest BCUT2D eigenvalue weighted by molar-refractivity contribution is -0.131. The number of piperidine rings is 1. The molecule has 1 amide bonds. The van der Waals surface area contributed by atoms with Crippen LogP contribution in [-0.2, 0) is 4.79 Å². The molecule has 1 aliphatic rings. The summed E-state index contributed by atoms with van der Waals surface area (Å²) < 4.78 is 0. The van der Waals surface area contributed by atoms with Gasteiger partial charge in [0.2, 0.25) is 5.91 Å². The number of hydrogen-bond acceptors (Lipinski definition) is 1. The fourth-order valence-corrected chi connectivity index (χ4v) is 2.83. The number of hydrogen-bond donors (Lipinski definition) is 0. The second-order valence-corrected chi connectivity index (χ2v) is 5.32.